The van der Waals surface area contributed by atoms with Gasteiger partial charge in [0.2, 0.25) is 0 Å². The van der Waals surface area contributed by atoms with E-state index in [9.17, 15) is 14.0 Å². The van der Waals surface area contributed by atoms with Crippen molar-refractivity contribution >= 4 is 16.9 Å². The van der Waals surface area contributed by atoms with Crippen molar-refractivity contribution < 1.29 is 18.3 Å². The molecule has 0 saturated heterocycles. The van der Waals surface area contributed by atoms with E-state index >= 15 is 0 Å². The van der Waals surface area contributed by atoms with Crippen LogP contribution in [0, 0.1) is 5.82 Å². The second-order valence-corrected chi connectivity index (χ2v) is 6.12. The van der Waals surface area contributed by atoms with E-state index in [2.05, 4.69) is 5.32 Å². The van der Waals surface area contributed by atoms with E-state index in [0.29, 0.717) is 13.2 Å². The minimum atomic E-state index is -0.524. The van der Waals surface area contributed by atoms with Crippen molar-refractivity contribution in [2.24, 2.45) is 0 Å². The van der Waals surface area contributed by atoms with Gasteiger partial charge in [0.15, 0.2) is 11.2 Å². The molecule has 1 heterocycles. The lowest BCUT2D eigenvalue weighted by Crippen LogP contribution is -2.43. The molecule has 1 aromatic heterocycles. The molecule has 1 saturated carbocycles. The number of rotatable bonds is 5. The Bertz CT molecular complexity index is 808. The van der Waals surface area contributed by atoms with Gasteiger partial charge in [-0.2, -0.15) is 0 Å². The second kappa shape index (κ2) is 6.73. The Morgan fingerprint density at radius 2 is 2.08 bits per heavy atom. The van der Waals surface area contributed by atoms with Crippen molar-refractivity contribution in [1.82, 2.24) is 5.32 Å². The molecule has 128 valence electrons. The zero-order chi connectivity index (χ0) is 17.2. The molecule has 0 aliphatic heterocycles. The molecule has 1 amide bonds. The number of carbonyl (C=O) groups is 1. The molecule has 0 spiro atoms. The highest BCUT2D eigenvalue weighted by molar-refractivity contribution is 5.93. The quantitative estimate of drug-likeness (QED) is 0.913. The normalized spacial score (nSPS) is 16.4. The van der Waals surface area contributed by atoms with Gasteiger partial charge in [-0.05, 0) is 31.9 Å². The Morgan fingerprint density at radius 1 is 1.33 bits per heavy atom. The first-order valence-electron chi connectivity index (χ1n) is 8.18. The van der Waals surface area contributed by atoms with E-state index in [-0.39, 0.29) is 27.8 Å². The molecule has 0 unspecified atom stereocenters. The summed E-state index contributed by atoms with van der Waals surface area (Å²) in [5.41, 5.74) is -0.650. The number of ether oxygens (including phenoxy) is 1. The summed E-state index contributed by atoms with van der Waals surface area (Å²) in [7, 11) is 0. The summed E-state index contributed by atoms with van der Waals surface area (Å²) in [4.78, 5) is 24.4. The van der Waals surface area contributed by atoms with Gasteiger partial charge in [0, 0.05) is 25.3 Å². The molecule has 6 heteroatoms. The highest BCUT2D eigenvalue weighted by Gasteiger charge is 2.35. The predicted molar refractivity (Wildman–Crippen MR) is 87.6 cm³/mol. The summed E-state index contributed by atoms with van der Waals surface area (Å²) in [6.07, 6.45) is 3.93. The zero-order valence-corrected chi connectivity index (χ0v) is 13.6. The van der Waals surface area contributed by atoms with Crippen LogP contribution in [0.25, 0.3) is 11.0 Å². The standard InChI is InChI=1S/C18H20FNO4/c1-2-23-18(7-3-4-8-18)11-20-17(22)16-10-14(21)13-6-5-12(19)9-15(13)24-16/h5-6,9-10H,2-4,7-8,11H2,1H3,(H,20,22). The smallest absolute Gasteiger partial charge is 0.287 e. The van der Waals surface area contributed by atoms with Crippen LogP contribution in [-0.4, -0.2) is 24.7 Å². The van der Waals surface area contributed by atoms with Crippen molar-refractivity contribution in [3.05, 3.63) is 46.1 Å². The van der Waals surface area contributed by atoms with Gasteiger partial charge >= 0.3 is 0 Å². The number of amides is 1. The Labute approximate surface area is 138 Å². The van der Waals surface area contributed by atoms with Crippen LogP contribution in [0.15, 0.2) is 33.5 Å². The van der Waals surface area contributed by atoms with Gasteiger partial charge in [-0.15, -0.1) is 0 Å². The Kier molecular flexibility index (Phi) is 4.66. The first-order valence-corrected chi connectivity index (χ1v) is 8.18. The molecule has 3 rings (SSSR count). The van der Waals surface area contributed by atoms with Gasteiger partial charge in [0.05, 0.1) is 11.0 Å². The van der Waals surface area contributed by atoms with Gasteiger partial charge in [0.1, 0.15) is 11.4 Å². The van der Waals surface area contributed by atoms with Crippen LogP contribution in [0.1, 0.15) is 43.2 Å². The van der Waals surface area contributed by atoms with Crippen LogP contribution >= 0.6 is 0 Å². The summed E-state index contributed by atoms with van der Waals surface area (Å²) < 4.78 is 24.5. The molecule has 5 nitrogen and oxygen atoms in total. The fourth-order valence-corrected chi connectivity index (χ4v) is 3.27. The number of carbonyl (C=O) groups excluding carboxylic acids is 1. The van der Waals surface area contributed by atoms with E-state index in [1.165, 1.54) is 12.1 Å². The molecule has 1 aliphatic rings. The van der Waals surface area contributed by atoms with Crippen LogP contribution in [0.4, 0.5) is 4.39 Å². The molecule has 1 aliphatic carbocycles. The molecule has 1 aromatic carbocycles. The summed E-state index contributed by atoms with van der Waals surface area (Å²) in [6, 6.07) is 4.77. The number of benzene rings is 1. The maximum atomic E-state index is 13.3. The average Bonchev–Trinajstić information content (AvgIpc) is 3.01. The third-order valence-electron chi connectivity index (χ3n) is 4.45. The van der Waals surface area contributed by atoms with E-state index in [4.69, 9.17) is 9.15 Å². The lowest BCUT2D eigenvalue weighted by molar-refractivity contribution is -0.0317. The number of fused-ring (bicyclic) bond motifs is 1. The molecule has 1 N–H and O–H groups in total. The summed E-state index contributed by atoms with van der Waals surface area (Å²) in [5.74, 6) is -1.14. The monoisotopic (exact) mass is 333 g/mol. The summed E-state index contributed by atoms with van der Waals surface area (Å²) in [6.45, 7) is 2.88. The largest absolute Gasteiger partial charge is 0.451 e. The van der Waals surface area contributed by atoms with E-state index in [1.807, 2.05) is 6.92 Å². The third kappa shape index (κ3) is 3.33. The van der Waals surface area contributed by atoms with E-state index in [1.54, 1.807) is 0 Å². The molecular weight excluding hydrogens is 313 g/mol. The van der Waals surface area contributed by atoms with Gasteiger partial charge < -0.3 is 14.5 Å². The fraction of sp³-hybridized carbons (Fsp3) is 0.444. The van der Waals surface area contributed by atoms with Crippen LogP contribution in [-0.2, 0) is 4.74 Å². The van der Waals surface area contributed by atoms with Gasteiger partial charge in [0.25, 0.3) is 5.91 Å². The summed E-state index contributed by atoms with van der Waals surface area (Å²) in [5, 5.41) is 3.03. The molecule has 0 bridgehead atoms. The zero-order valence-electron chi connectivity index (χ0n) is 13.6. The molecule has 0 radical (unpaired) electrons. The van der Waals surface area contributed by atoms with Crippen LogP contribution < -0.4 is 10.7 Å². The number of hydrogen-bond donors (Lipinski definition) is 1. The van der Waals surface area contributed by atoms with Gasteiger partial charge in [-0.3, -0.25) is 9.59 Å². The van der Waals surface area contributed by atoms with E-state index in [0.717, 1.165) is 37.8 Å². The fourth-order valence-electron chi connectivity index (χ4n) is 3.27. The molecule has 24 heavy (non-hydrogen) atoms. The average molecular weight is 333 g/mol. The third-order valence-corrected chi connectivity index (χ3v) is 4.45. The van der Waals surface area contributed by atoms with Crippen molar-refractivity contribution in [2.75, 3.05) is 13.2 Å². The minimum absolute atomic E-state index is 0.0630. The van der Waals surface area contributed by atoms with Crippen LogP contribution in [0.2, 0.25) is 0 Å². The number of hydrogen-bond acceptors (Lipinski definition) is 4. The highest BCUT2D eigenvalue weighted by Crippen LogP contribution is 2.32. The maximum Gasteiger partial charge on any atom is 0.287 e. The van der Waals surface area contributed by atoms with Crippen LogP contribution in [0.5, 0.6) is 0 Å². The molecule has 2 aromatic rings. The lowest BCUT2D eigenvalue weighted by atomic mass is 10.0. The van der Waals surface area contributed by atoms with Crippen molar-refractivity contribution in [1.29, 1.82) is 0 Å². The Hall–Kier alpha value is -2.21. The maximum absolute atomic E-state index is 13.3. The predicted octanol–water partition coefficient (Wildman–Crippen LogP) is 3.01. The topological polar surface area (TPSA) is 68.5 Å². The molecular formula is C18H20FNO4. The van der Waals surface area contributed by atoms with Crippen molar-refractivity contribution in [3.63, 3.8) is 0 Å². The molecule has 1 fully saturated rings. The number of nitrogens with one attached hydrogen (secondary N) is 1. The first-order chi connectivity index (χ1) is 11.5. The highest BCUT2D eigenvalue weighted by atomic mass is 19.1. The van der Waals surface area contributed by atoms with Gasteiger partial charge in [-0.1, -0.05) is 12.8 Å². The van der Waals surface area contributed by atoms with Gasteiger partial charge in [-0.25, -0.2) is 4.39 Å². The van der Waals surface area contributed by atoms with E-state index < -0.39 is 11.7 Å². The van der Waals surface area contributed by atoms with Crippen molar-refractivity contribution in [2.45, 2.75) is 38.2 Å². The SMILES string of the molecule is CCOC1(CNC(=O)c2cc(=O)c3ccc(F)cc3o2)CCCC1. The van der Waals surface area contributed by atoms with Crippen molar-refractivity contribution in [3.8, 4) is 0 Å². The second-order valence-electron chi connectivity index (χ2n) is 6.12. The lowest BCUT2D eigenvalue weighted by Gasteiger charge is -2.29. The number of halogens is 1. The first kappa shape index (κ1) is 16.6. The Balaban J connectivity index is 1.80. The van der Waals surface area contributed by atoms with Crippen LogP contribution in [0.3, 0.4) is 0 Å². The Morgan fingerprint density at radius 3 is 2.79 bits per heavy atom. The summed E-state index contributed by atoms with van der Waals surface area (Å²) >= 11 is 0. The molecule has 0 atom stereocenters. The minimum Gasteiger partial charge on any atom is -0.451 e.